The average Bonchev–Trinajstić information content (AvgIpc) is 2.62. The van der Waals surface area contributed by atoms with Crippen LogP contribution in [-0.2, 0) is 9.53 Å². The van der Waals surface area contributed by atoms with E-state index in [1.165, 1.54) is 45.4 Å². The van der Waals surface area contributed by atoms with E-state index in [4.69, 9.17) is 16.3 Å². The lowest BCUT2D eigenvalue weighted by Crippen LogP contribution is -2.14. The minimum atomic E-state index is -0.468. The van der Waals surface area contributed by atoms with Crippen LogP contribution in [0.3, 0.4) is 0 Å². The van der Waals surface area contributed by atoms with Crippen molar-refractivity contribution < 1.29 is 23.9 Å². The van der Waals surface area contributed by atoms with E-state index >= 15 is 0 Å². The summed E-state index contributed by atoms with van der Waals surface area (Å²) in [7, 11) is 2.70. The molecule has 2 aromatic carbocycles. The quantitative estimate of drug-likeness (QED) is 0.780. The molecule has 136 valence electrons. The summed E-state index contributed by atoms with van der Waals surface area (Å²) in [6, 6.07) is 9.09. The Morgan fingerprint density at radius 2 is 1.65 bits per heavy atom. The smallest absolute Gasteiger partial charge is 0.337 e. The highest BCUT2D eigenvalue weighted by atomic mass is 35.5. The first-order chi connectivity index (χ1) is 12.3. The molecule has 7 nitrogen and oxygen atoms in total. The summed E-state index contributed by atoms with van der Waals surface area (Å²) in [5.74, 6) is -0.965. The summed E-state index contributed by atoms with van der Waals surface area (Å²) in [4.78, 5) is 35.2. The standard InChI is InChI=1S/C18H17ClN2O5/c1-10(22)20-15-9-16(25-2)13(8-14(15)19)17(23)21-12-6-4-11(5-7-12)18(24)26-3/h4-9H,1-3H3,(H,20,22)(H,21,23). The van der Waals surface area contributed by atoms with Crippen LogP contribution < -0.4 is 15.4 Å². The van der Waals surface area contributed by atoms with Gasteiger partial charge in [0.1, 0.15) is 5.75 Å². The van der Waals surface area contributed by atoms with E-state index in [0.717, 1.165) is 0 Å². The van der Waals surface area contributed by atoms with Crippen LogP contribution in [0.4, 0.5) is 11.4 Å². The van der Waals surface area contributed by atoms with Crippen molar-refractivity contribution in [3.63, 3.8) is 0 Å². The normalized spacial score (nSPS) is 10.0. The number of carbonyl (C=O) groups is 3. The van der Waals surface area contributed by atoms with Crippen molar-refractivity contribution in [1.82, 2.24) is 0 Å². The number of anilines is 2. The molecule has 2 rings (SSSR count). The SMILES string of the molecule is COC(=O)c1ccc(NC(=O)c2cc(Cl)c(NC(C)=O)cc2OC)cc1. The molecule has 0 aliphatic rings. The zero-order valence-electron chi connectivity index (χ0n) is 14.4. The van der Waals surface area contributed by atoms with Gasteiger partial charge in [0, 0.05) is 18.7 Å². The second-order valence-electron chi connectivity index (χ2n) is 5.24. The van der Waals surface area contributed by atoms with Gasteiger partial charge in [0.25, 0.3) is 5.91 Å². The first-order valence-electron chi connectivity index (χ1n) is 7.50. The Bertz CT molecular complexity index is 849. The lowest BCUT2D eigenvalue weighted by Gasteiger charge is -2.13. The number of methoxy groups -OCH3 is 2. The summed E-state index contributed by atoms with van der Waals surface area (Å²) in [6.45, 7) is 1.35. The van der Waals surface area contributed by atoms with E-state index in [1.807, 2.05) is 0 Å². The van der Waals surface area contributed by atoms with Gasteiger partial charge in [-0.25, -0.2) is 4.79 Å². The van der Waals surface area contributed by atoms with Crippen LogP contribution in [0.25, 0.3) is 0 Å². The molecule has 0 aromatic heterocycles. The predicted molar refractivity (Wildman–Crippen MR) is 98.0 cm³/mol. The van der Waals surface area contributed by atoms with Gasteiger partial charge in [-0.1, -0.05) is 11.6 Å². The van der Waals surface area contributed by atoms with Crippen LogP contribution in [0.5, 0.6) is 5.75 Å². The summed E-state index contributed by atoms with van der Waals surface area (Å²) in [5, 5.41) is 5.45. The number of esters is 1. The Labute approximate surface area is 155 Å². The van der Waals surface area contributed by atoms with Crippen molar-refractivity contribution in [3.05, 3.63) is 52.5 Å². The van der Waals surface area contributed by atoms with Gasteiger partial charge in [-0.3, -0.25) is 9.59 Å². The Kier molecular flexibility index (Phi) is 6.19. The molecule has 2 N–H and O–H groups in total. The van der Waals surface area contributed by atoms with Crippen LogP contribution in [0, 0.1) is 0 Å². The molecule has 0 atom stereocenters. The molecular formula is C18H17ClN2O5. The van der Waals surface area contributed by atoms with E-state index in [0.29, 0.717) is 16.9 Å². The van der Waals surface area contributed by atoms with Gasteiger partial charge in [-0.2, -0.15) is 0 Å². The van der Waals surface area contributed by atoms with E-state index in [2.05, 4.69) is 15.4 Å². The van der Waals surface area contributed by atoms with Crippen molar-refractivity contribution >= 4 is 40.8 Å². The highest BCUT2D eigenvalue weighted by Gasteiger charge is 2.17. The van der Waals surface area contributed by atoms with Gasteiger partial charge >= 0.3 is 5.97 Å². The Morgan fingerprint density at radius 1 is 1.00 bits per heavy atom. The maximum absolute atomic E-state index is 12.5. The van der Waals surface area contributed by atoms with Gasteiger partial charge < -0.3 is 20.1 Å². The summed E-state index contributed by atoms with van der Waals surface area (Å²) in [5.41, 5.74) is 1.39. The number of carbonyl (C=O) groups excluding carboxylic acids is 3. The molecule has 0 unspecified atom stereocenters. The zero-order chi connectivity index (χ0) is 19.3. The van der Waals surface area contributed by atoms with Crippen molar-refractivity contribution in [3.8, 4) is 5.75 Å². The number of hydrogen-bond acceptors (Lipinski definition) is 5. The molecule has 0 heterocycles. The van der Waals surface area contributed by atoms with Crippen LogP contribution in [0.15, 0.2) is 36.4 Å². The fourth-order valence-corrected chi connectivity index (χ4v) is 2.40. The molecule has 0 saturated heterocycles. The first-order valence-corrected chi connectivity index (χ1v) is 7.88. The van der Waals surface area contributed by atoms with Gasteiger partial charge in [0.2, 0.25) is 5.91 Å². The number of hydrogen-bond donors (Lipinski definition) is 2. The van der Waals surface area contributed by atoms with Gasteiger partial charge in [0.15, 0.2) is 0 Å². The van der Waals surface area contributed by atoms with Crippen molar-refractivity contribution in [2.75, 3.05) is 24.9 Å². The van der Waals surface area contributed by atoms with Crippen molar-refractivity contribution in [1.29, 1.82) is 0 Å². The van der Waals surface area contributed by atoms with E-state index in [-0.39, 0.29) is 22.2 Å². The van der Waals surface area contributed by atoms with Crippen molar-refractivity contribution in [2.24, 2.45) is 0 Å². The molecule has 0 saturated carbocycles. The third-order valence-corrected chi connectivity index (χ3v) is 3.72. The highest BCUT2D eigenvalue weighted by molar-refractivity contribution is 6.34. The highest BCUT2D eigenvalue weighted by Crippen LogP contribution is 2.31. The zero-order valence-corrected chi connectivity index (χ0v) is 15.1. The third-order valence-electron chi connectivity index (χ3n) is 3.41. The Balaban J connectivity index is 2.24. The number of nitrogens with one attached hydrogen (secondary N) is 2. The topological polar surface area (TPSA) is 93.7 Å². The average molecular weight is 377 g/mol. The number of amides is 2. The fourth-order valence-electron chi connectivity index (χ4n) is 2.19. The van der Waals surface area contributed by atoms with Gasteiger partial charge in [0.05, 0.1) is 36.1 Å². The molecular weight excluding hydrogens is 360 g/mol. The predicted octanol–water partition coefficient (Wildman–Crippen LogP) is 3.35. The maximum atomic E-state index is 12.5. The van der Waals surface area contributed by atoms with Crippen molar-refractivity contribution in [2.45, 2.75) is 6.92 Å². The Morgan fingerprint density at radius 3 is 2.19 bits per heavy atom. The summed E-state index contributed by atoms with van der Waals surface area (Å²) >= 11 is 6.12. The first kappa shape index (κ1) is 19.3. The summed E-state index contributed by atoms with van der Waals surface area (Å²) in [6.07, 6.45) is 0. The lowest BCUT2D eigenvalue weighted by molar-refractivity contribution is -0.114. The van der Waals surface area contributed by atoms with E-state index in [9.17, 15) is 14.4 Å². The largest absolute Gasteiger partial charge is 0.496 e. The molecule has 0 bridgehead atoms. The number of halogens is 1. The molecule has 0 fully saturated rings. The Hall–Kier alpha value is -3.06. The van der Waals surface area contributed by atoms with E-state index < -0.39 is 11.9 Å². The molecule has 0 radical (unpaired) electrons. The lowest BCUT2D eigenvalue weighted by atomic mass is 10.1. The second-order valence-corrected chi connectivity index (χ2v) is 5.64. The number of ether oxygens (including phenoxy) is 2. The minimum absolute atomic E-state index is 0.198. The molecule has 0 aliphatic heterocycles. The maximum Gasteiger partial charge on any atom is 0.337 e. The molecule has 0 aliphatic carbocycles. The summed E-state index contributed by atoms with van der Waals surface area (Å²) < 4.78 is 9.84. The van der Waals surface area contributed by atoms with Gasteiger partial charge in [-0.15, -0.1) is 0 Å². The second kappa shape index (κ2) is 8.35. The fraction of sp³-hybridized carbons (Fsp3) is 0.167. The number of benzene rings is 2. The third kappa shape index (κ3) is 4.52. The van der Waals surface area contributed by atoms with Crippen LogP contribution in [0.2, 0.25) is 5.02 Å². The number of rotatable bonds is 5. The molecule has 26 heavy (non-hydrogen) atoms. The van der Waals surface area contributed by atoms with E-state index in [1.54, 1.807) is 12.1 Å². The minimum Gasteiger partial charge on any atom is -0.496 e. The molecule has 2 amide bonds. The monoisotopic (exact) mass is 376 g/mol. The van der Waals surface area contributed by atoms with Crippen LogP contribution >= 0.6 is 11.6 Å². The molecule has 2 aromatic rings. The molecule has 0 spiro atoms. The van der Waals surface area contributed by atoms with Gasteiger partial charge in [-0.05, 0) is 30.3 Å². The van der Waals surface area contributed by atoms with Crippen LogP contribution in [0.1, 0.15) is 27.6 Å². The molecule has 8 heteroatoms. The van der Waals surface area contributed by atoms with Crippen LogP contribution in [-0.4, -0.2) is 32.0 Å².